The Morgan fingerprint density at radius 1 is 1.36 bits per heavy atom. The van der Waals surface area contributed by atoms with Gasteiger partial charge in [0.2, 0.25) is 0 Å². The lowest BCUT2D eigenvalue weighted by Crippen LogP contribution is -2.26. The molecule has 0 saturated heterocycles. The molecule has 76 valence electrons. The average molecular weight is 197 g/mol. The highest BCUT2D eigenvalue weighted by Crippen LogP contribution is 2.32. The summed E-state index contributed by atoms with van der Waals surface area (Å²) in [4.78, 5) is 0. The van der Waals surface area contributed by atoms with Gasteiger partial charge in [-0.05, 0) is 24.1 Å². The Bertz CT molecular complexity index is 342. The highest BCUT2D eigenvalue weighted by atomic mass is 19.3. The molecule has 0 atom stereocenters. The quantitative estimate of drug-likeness (QED) is 0.729. The first-order valence-electron chi connectivity index (χ1n) is 4.79. The zero-order valence-corrected chi connectivity index (χ0v) is 8.11. The van der Waals surface area contributed by atoms with Gasteiger partial charge in [0.15, 0.2) is 0 Å². The molecule has 1 heterocycles. The molecule has 0 fully saturated rings. The van der Waals surface area contributed by atoms with Crippen LogP contribution < -0.4 is 5.32 Å². The number of alkyl halides is 2. The van der Waals surface area contributed by atoms with Gasteiger partial charge >= 0.3 is 0 Å². The maximum absolute atomic E-state index is 13.2. The lowest BCUT2D eigenvalue weighted by molar-refractivity contribution is 0.0162. The molecule has 0 aliphatic carbocycles. The minimum Gasteiger partial charge on any atom is -0.312 e. The predicted molar refractivity (Wildman–Crippen MR) is 51.4 cm³/mol. The topological polar surface area (TPSA) is 12.0 Å². The maximum Gasteiger partial charge on any atom is 0.270 e. The van der Waals surface area contributed by atoms with Crippen molar-refractivity contribution < 1.29 is 8.78 Å². The van der Waals surface area contributed by atoms with Gasteiger partial charge in [0.25, 0.3) is 5.92 Å². The lowest BCUT2D eigenvalue weighted by atomic mass is 9.93. The summed E-state index contributed by atoms with van der Waals surface area (Å²) < 4.78 is 26.4. The number of hydrogen-bond donors (Lipinski definition) is 1. The van der Waals surface area contributed by atoms with Crippen molar-refractivity contribution in [3.63, 3.8) is 0 Å². The summed E-state index contributed by atoms with van der Waals surface area (Å²) in [5.74, 6) is -2.73. The van der Waals surface area contributed by atoms with Crippen LogP contribution in [0.15, 0.2) is 18.2 Å². The molecule has 1 aliphatic heterocycles. The predicted octanol–water partition coefficient (Wildman–Crippen LogP) is 2.44. The van der Waals surface area contributed by atoms with E-state index in [0.717, 1.165) is 31.0 Å². The Labute approximate surface area is 82.1 Å². The van der Waals surface area contributed by atoms with Crippen molar-refractivity contribution in [3.05, 3.63) is 34.9 Å². The fourth-order valence-electron chi connectivity index (χ4n) is 1.93. The van der Waals surface area contributed by atoms with Crippen molar-refractivity contribution in [2.24, 2.45) is 0 Å². The number of nitrogens with one attached hydrogen (secondary N) is 1. The summed E-state index contributed by atoms with van der Waals surface area (Å²) in [6, 6.07) is 5.17. The molecule has 14 heavy (non-hydrogen) atoms. The largest absolute Gasteiger partial charge is 0.312 e. The first-order valence-corrected chi connectivity index (χ1v) is 4.79. The number of halogens is 2. The van der Waals surface area contributed by atoms with E-state index in [1.807, 2.05) is 6.07 Å². The van der Waals surface area contributed by atoms with Crippen LogP contribution in [0.4, 0.5) is 8.78 Å². The number of benzene rings is 1. The second-order valence-electron chi connectivity index (χ2n) is 3.76. The molecule has 1 aromatic rings. The van der Waals surface area contributed by atoms with Gasteiger partial charge < -0.3 is 5.32 Å². The summed E-state index contributed by atoms with van der Waals surface area (Å²) in [5.41, 5.74) is 2.01. The Kier molecular flexibility index (Phi) is 2.27. The molecule has 0 bridgehead atoms. The number of fused-ring (bicyclic) bond motifs is 1. The summed E-state index contributed by atoms with van der Waals surface area (Å²) in [7, 11) is 0. The Morgan fingerprint density at radius 3 is 2.86 bits per heavy atom. The van der Waals surface area contributed by atoms with E-state index in [-0.39, 0.29) is 5.56 Å². The number of hydrogen-bond acceptors (Lipinski definition) is 1. The molecule has 1 N–H and O–H groups in total. The molecular weight excluding hydrogens is 184 g/mol. The van der Waals surface area contributed by atoms with Crippen LogP contribution in [-0.4, -0.2) is 6.54 Å². The Hall–Kier alpha value is -0.960. The Balaban J connectivity index is 2.51. The van der Waals surface area contributed by atoms with Crippen LogP contribution >= 0.6 is 0 Å². The molecule has 2 rings (SSSR count). The maximum atomic E-state index is 13.2. The van der Waals surface area contributed by atoms with Crippen molar-refractivity contribution >= 4 is 0 Å². The molecular formula is C11H13F2N. The van der Waals surface area contributed by atoms with Gasteiger partial charge in [-0.25, -0.2) is 8.78 Å². The third-order valence-corrected chi connectivity index (χ3v) is 2.62. The van der Waals surface area contributed by atoms with Crippen LogP contribution in [0.25, 0.3) is 0 Å². The van der Waals surface area contributed by atoms with Gasteiger partial charge in [0.1, 0.15) is 0 Å². The minimum atomic E-state index is -2.73. The van der Waals surface area contributed by atoms with E-state index in [2.05, 4.69) is 5.32 Å². The van der Waals surface area contributed by atoms with Crippen molar-refractivity contribution in [1.82, 2.24) is 5.32 Å². The smallest absolute Gasteiger partial charge is 0.270 e. The van der Waals surface area contributed by atoms with Gasteiger partial charge in [0, 0.05) is 19.0 Å². The molecule has 0 unspecified atom stereocenters. The fourth-order valence-corrected chi connectivity index (χ4v) is 1.93. The molecule has 0 aromatic heterocycles. The third kappa shape index (κ3) is 1.64. The van der Waals surface area contributed by atoms with E-state index in [4.69, 9.17) is 0 Å². The van der Waals surface area contributed by atoms with Crippen LogP contribution in [0, 0.1) is 0 Å². The van der Waals surface area contributed by atoms with Gasteiger partial charge in [-0.2, -0.15) is 0 Å². The molecule has 1 aliphatic rings. The summed E-state index contributed by atoms with van der Waals surface area (Å²) in [6.07, 6.45) is 0.846. The summed E-state index contributed by atoms with van der Waals surface area (Å²) >= 11 is 0. The van der Waals surface area contributed by atoms with E-state index in [0.29, 0.717) is 6.54 Å². The van der Waals surface area contributed by atoms with Gasteiger partial charge in [-0.1, -0.05) is 18.2 Å². The molecule has 0 saturated carbocycles. The van der Waals surface area contributed by atoms with E-state index in [1.165, 1.54) is 6.07 Å². The summed E-state index contributed by atoms with van der Waals surface area (Å²) in [6.45, 7) is 2.40. The van der Waals surface area contributed by atoms with Gasteiger partial charge in [0.05, 0.1) is 0 Å². The van der Waals surface area contributed by atoms with Gasteiger partial charge in [-0.3, -0.25) is 0 Å². The molecule has 1 nitrogen and oxygen atoms in total. The van der Waals surface area contributed by atoms with E-state index < -0.39 is 5.92 Å². The summed E-state index contributed by atoms with van der Waals surface area (Å²) in [5, 5.41) is 3.12. The minimum absolute atomic E-state index is 0.169. The van der Waals surface area contributed by atoms with Crippen molar-refractivity contribution in [2.75, 3.05) is 6.54 Å². The molecule has 3 heteroatoms. The standard InChI is InChI=1S/C11H13F2N/c1-11(12,13)10-4-2-3-8-5-6-14-7-9(8)10/h2-4,14H,5-7H2,1H3. The zero-order valence-electron chi connectivity index (χ0n) is 8.11. The first kappa shape index (κ1) is 9.59. The second-order valence-corrected chi connectivity index (χ2v) is 3.76. The SMILES string of the molecule is CC(F)(F)c1cccc2c1CNCC2. The van der Waals surface area contributed by atoms with Crippen molar-refractivity contribution in [1.29, 1.82) is 0 Å². The molecule has 0 amide bonds. The highest BCUT2D eigenvalue weighted by molar-refractivity contribution is 5.39. The average Bonchev–Trinajstić information content (AvgIpc) is 2.15. The lowest BCUT2D eigenvalue weighted by Gasteiger charge is -2.23. The van der Waals surface area contributed by atoms with Crippen LogP contribution in [0.1, 0.15) is 23.6 Å². The Morgan fingerprint density at radius 2 is 2.14 bits per heavy atom. The zero-order chi connectivity index (χ0) is 10.2. The molecule has 0 spiro atoms. The van der Waals surface area contributed by atoms with Crippen LogP contribution in [0.3, 0.4) is 0 Å². The van der Waals surface area contributed by atoms with Crippen LogP contribution in [0.2, 0.25) is 0 Å². The molecule has 1 aromatic carbocycles. The highest BCUT2D eigenvalue weighted by Gasteiger charge is 2.28. The monoisotopic (exact) mass is 197 g/mol. The molecule has 0 radical (unpaired) electrons. The third-order valence-electron chi connectivity index (χ3n) is 2.62. The fraction of sp³-hybridized carbons (Fsp3) is 0.455. The van der Waals surface area contributed by atoms with Crippen LogP contribution in [0.5, 0.6) is 0 Å². The normalized spacial score (nSPS) is 16.5. The van der Waals surface area contributed by atoms with E-state index >= 15 is 0 Å². The second kappa shape index (κ2) is 3.31. The van der Waals surface area contributed by atoms with E-state index in [1.54, 1.807) is 6.07 Å². The van der Waals surface area contributed by atoms with Crippen molar-refractivity contribution in [3.8, 4) is 0 Å². The van der Waals surface area contributed by atoms with E-state index in [9.17, 15) is 8.78 Å². The van der Waals surface area contributed by atoms with Gasteiger partial charge in [-0.15, -0.1) is 0 Å². The number of rotatable bonds is 1. The first-order chi connectivity index (χ1) is 6.59. The van der Waals surface area contributed by atoms with Crippen molar-refractivity contribution in [2.45, 2.75) is 25.8 Å². The van der Waals surface area contributed by atoms with Crippen LogP contribution in [-0.2, 0) is 18.9 Å².